The molecule has 0 atom stereocenters. The molecular weight excluding hydrogens is 312 g/mol. The van der Waals surface area contributed by atoms with Gasteiger partial charge in [-0.1, -0.05) is 48.5 Å². The zero-order valence-corrected chi connectivity index (χ0v) is 12.7. The molecule has 0 bridgehead atoms. The van der Waals surface area contributed by atoms with Gasteiger partial charge in [0, 0.05) is 5.56 Å². The number of nitrogens with one attached hydrogen (secondary N) is 2. The molecule has 23 heavy (non-hydrogen) atoms. The molecule has 0 unspecified atom stereocenters. The second-order valence-corrected chi connectivity index (χ2v) is 6.40. The van der Waals surface area contributed by atoms with Crippen LogP contribution in [0.3, 0.4) is 0 Å². The van der Waals surface area contributed by atoms with Gasteiger partial charge in [-0.2, -0.15) is 10.4 Å². The molecule has 1 aromatic heterocycles. The number of hydrogen-bond acceptors (Lipinski definition) is 4. The number of sulfonamides is 1. The predicted octanol–water partition coefficient (Wildman–Crippen LogP) is 2.75. The molecule has 3 rings (SSSR count). The van der Waals surface area contributed by atoms with Gasteiger partial charge in [-0.05, 0) is 12.1 Å². The quantitative estimate of drug-likeness (QED) is 0.771. The van der Waals surface area contributed by atoms with E-state index in [1.807, 2.05) is 36.4 Å². The molecule has 0 saturated heterocycles. The van der Waals surface area contributed by atoms with Gasteiger partial charge in [-0.25, -0.2) is 8.42 Å². The molecule has 114 valence electrons. The van der Waals surface area contributed by atoms with Crippen molar-refractivity contribution < 1.29 is 8.42 Å². The minimum atomic E-state index is -3.80. The highest BCUT2D eigenvalue weighted by atomic mass is 32.2. The van der Waals surface area contributed by atoms with Gasteiger partial charge in [-0.3, -0.25) is 9.82 Å². The third-order valence-electron chi connectivity index (χ3n) is 3.23. The highest BCUT2D eigenvalue weighted by Crippen LogP contribution is 2.27. The molecule has 0 aliphatic rings. The van der Waals surface area contributed by atoms with Crippen molar-refractivity contribution in [1.29, 1.82) is 5.26 Å². The van der Waals surface area contributed by atoms with Gasteiger partial charge in [-0.15, -0.1) is 0 Å². The zero-order chi connectivity index (χ0) is 16.3. The van der Waals surface area contributed by atoms with Crippen molar-refractivity contribution in [2.45, 2.75) is 4.90 Å². The molecule has 0 radical (unpaired) electrons. The molecule has 0 aliphatic carbocycles. The van der Waals surface area contributed by atoms with Crippen molar-refractivity contribution in [1.82, 2.24) is 10.2 Å². The average molecular weight is 324 g/mol. The molecule has 0 spiro atoms. The first kappa shape index (κ1) is 14.8. The third-order valence-corrected chi connectivity index (χ3v) is 4.58. The Balaban J connectivity index is 2.00. The normalized spacial score (nSPS) is 10.9. The van der Waals surface area contributed by atoms with Crippen molar-refractivity contribution in [3.05, 3.63) is 66.2 Å². The van der Waals surface area contributed by atoms with Crippen molar-refractivity contribution in [2.75, 3.05) is 4.72 Å². The summed E-state index contributed by atoms with van der Waals surface area (Å²) in [6.07, 6.45) is 0. The number of benzene rings is 2. The SMILES string of the molecule is N#Cc1c(NS(=O)(=O)c2ccccc2)n[nH]c1-c1ccccc1. The molecule has 7 heteroatoms. The Hall–Kier alpha value is -3.11. The largest absolute Gasteiger partial charge is 0.274 e. The van der Waals surface area contributed by atoms with Crippen LogP contribution in [0.2, 0.25) is 0 Å². The van der Waals surface area contributed by atoms with E-state index in [4.69, 9.17) is 0 Å². The highest BCUT2D eigenvalue weighted by Gasteiger charge is 2.20. The number of H-pyrrole nitrogens is 1. The molecule has 1 heterocycles. The smallest absolute Gasteiger partial charge is 0.263 e. The Morgan fingerprint density at radius 3 is 2.22 bits per heavy atom. The summed E-state index contributed by atoms with van der Waals surface area (Å²) in [6, 6.07) is 19.0. The van der Waals surface area contributed by atoms with Crippen LogP contribution in [0, 0.1) is 11.3 Å². The summed E-state index contributed by atoms with van der Waals surface area (Å²) in [7, 11) is -3.80. The molecule has 6 nitrogen and oxygen atoms in total. The molecular formula is C16H12N4O2S. The van der Waals surface area contributed by atoms with Gasteiger partial charge in [0.1, 0.15) is 11.6 Å². The van der Waals surface area contributed by atoms with Gasteiger partial charge >= 0.3 is 0 Å². The topological polar surface area (TPSA) is 98.6 Å². The van der Waals surface area contributed by atoms with Crippen LogP contribution in [0.25, 0.3) is 11.3 Å². The summed E-state index contributed by atoms with van der Waals surface area (Å²) in [5.41, 5.74) is 1.37. The molecule has 2 N–H and O–H groups in total. The van der Waals surface area contributed by atoms with E-state index >= 15 is 0 Å². The van der Waals surface area contributed by atoms with Crippen LogP contribution in [0.15, 0.2) is 65.6 Å². The molecule has 0 aliphatic heterocycles. The number of anilines is 1. The number of aromatic amines is 1. The number of aromatic nitrogens is 2. The van der Waals surface area contributed by atoms with Crippen LogP contribution in [-0.4, -0.2) is 18.6 Å². The fourth-order valence-corrected chi connectivity index (χ4v) is 3.16. The fourth-order valence-electron chi connectivity index (χ4n) is 2.12. The van der Waals surface area contributed by atoms with Gasteiger partial charge < -0.3 is 0 Å². The van der Waals surface area contributed by atoms with E-state index in [1.165, 1.54) is 12.1 Å². The van der Waals surface area contributed by atoms with Crippen molar-refractivity contribution >= 4 is 15.8 Å². The Morgan fingerprint density at radius 1 is 1.00 bits per heavy atom. The molecule has 0 fully saturated rings. The second-order valence-electron chi connectivity index (χ2n) is 4.72. The number of nitrogens with zero attached hydrogens (tertiary/aromatic N) is 2. The maximum atomic E-state index is 12.3. The Kier molecular flexibility index (Phi) is 3.83. The first-order valence-electron chi connectivity index (χ1n) is 6.73. The van der Waals surface area contributed by atoms with Crippen LogP contribution in [0.4, 0.5) is 5.82 Å². The van der Waals surface area contributed by atoms with E-state index in [-0.39, 0.29) is 16.3 Å². The Morgan fingerprint density at radius 2 is 1.61 bits per heavy atom. The van der Waals surface area contributed by atoms with Crippen LogP contribution >= 0.6 is 0 Å². The summed E-state index contributed by atoms with van der Waals surface area (Å²) in [4.78, 5) is 0.105. The van der Waals surface area contributed by atoms with Gasteiger partial charge in [0.2, 0.25) is 0 Å². The maximum absolute atomic E-state index is 12.3. The monoisotopic (exact) mass is 324 g/mol. The summed E-state index contributed by atoms with van der Waals surface area (Å²) < 4.78 is 27.0. The number of hydrogen-bond donors (Lipinski definition) is 2. The van der Waals surface area contributed by atoms with E-state index in [2.05, 4.69) is 14.9 Å². The summed E-state index contributed by atoms with van der Waals surface area (Å²) in [5.74, 6) is -0.0183. The minimum absolute atomic E-state index is 0.0183. The highest BCUT2D eigenvalue weighted by molar-refractivity contribution is 7.92. The van der Waals surface area contributed by atoms with Gasteiger partial charge in [0.25, 0.3) is 10.0 Å². The van der Waals surface area contributed by atoms with Crippen molar-refractivity contribution in [3.8, 4) is 17.3 Å². The molecule has 2 aromatic carbocycles. The first-order valence-corrected chi connectivity index (χ1v) is 8.22. The molecule has 0 amide bonds. The molecule has 3 aromatic rings. The van der Waals surface area contributed by atoms with Crippen molar-refractivity contribution in [2.24, 2.45) is 0 Å². The van der Waals surface area contributed by atoms with Gasteiger partial charge in [0.15, 0.2) is 5.82 Å². The summed E-state index contributed by atoms with van der Waals surface area (Å²) in [5, 5.41) is 16.0. The zero-order valence-electron chi connectivity index (χ0n) is 11.9. The lowest BCUT2D eigenvalue weighted by molar-refractivity contribution is 0.601. The fraction of sp³-hybridized carbons (Fsp3) is 0. The standard InChI is InChI=1S/C16H12N4O2S/c17-11-14-15(12-7-3-1-4-8-12)18-19-16(14)20-23(21,22)13-9-5-2-6-10-13/h1-10H,(H2,18,19,20). The Labute approximate surface area is 133 Å². The average Bonchev–Trinajstić information content (AvgIpc) is 2.98. The summed E-state index contributed by atoms with van der Waals surface area (Å²) >= 11 is 0. The van der Waals surface area contributed by atoms with E-state index in [0.29, 0.717) is 5.69 Å². The van der Waals surface area contributed by atoms with Crippen molar-refractivity contribution in [3.63, 3.8) is 0 Å². The lowest BCUT2D eigenvalue weighted by Crippen LogP contribution is -2.13. The maximum Gasteiger partial charge on any atom is 0.263 e. The van der Waals surface area contributed by atoms with Gasteiger partial charge in [0.05, 0.1) is 10.6 Å². The lowest BCUT2D eigenvalue weighted by atomic mass is 10.1. The van der Waals surface area contributed by atoms with Crippen LogP contribution in [0.1, 0.15) is 5.56 Å². The van der Waals surface area contributed by atoms with Crippen LogP contribution in [-0.2, 0) is 10.0 Å². The second kappa shape index (κ2) is 5.94. The molecule has 0 saturated carbocycles. The van der Waals surface area contributed by atoms with E-state index < -0.39 is 10.0 Å². The van der Waals surface area contributed by atoms with Crippen LogP contribution in [0.5, 0.6) is 0 Å². The lowest BCUT2D eigenvalue weighted by Gasteiger charge is -2.05. The van der Waals surface area contributed by atoms with E-state index in [9.17, 15) is 13.7 Å². The number of nitriles is 1. The van der Waals surface area contributed by atoms with Crippen LogP contribution < -0.4 is 4.72 Å². The minimum Gasteiger partial charge on any atom is -0.274 e. The van der Waals surface area contributed by atoms with E-state index in [0.717, 1.165) is 5.56 Å². The first-order chi connectivity index (χ1) is 11.1. The summed E-state index contributed by atoms with van der Waals surface area (Å²) in [6.45, 7) is 0. The van der Waals surface area contributed by atoms with E-state index in [1.54, 1.807) is 18.2 Å². The number of rotatable bonds is 4. The Bertz CT molecular complexity index is 958. The third kappa shape index (κ3) is 2.93. The predicted molar refractivity (Wildman–Crippen MR) is 86.0 cm³/mol.